The first kappa shape index (κ1) is 10.4. The first-order valence-electron chi connectivity index (χ1n) is 3.63. The van der Waals surface area contributed by atoms with Gasteiger partial charge in [-0.1, -0.05) is 42.5 Å². The highest BCUT2D eigenvalue weighted by molar-refractivity contribution is 7.97. The van der Waals surface area contributed by atoms with Gasteiger partial charge in [-0.2, -0.15) is 0 Å². The van der Waals surface area contributed by atoms with Gasteiger partial charge in [0.2, 0.25) is 5.12 Å². The van der Waals surface area contributed by atoms with Crippen LogP contribution in [-0.2, 0) is 4.79 Å². The van der Waals surface area contributed by atoms with Crippen molar-refractivity contribution in [2.75, 3.05) is 0 Å². The molecular formula is C9H8O2S2. The van der Waals surface area contributed by atoms with E-state index >= 15 is 0 Å². The van der Waals surface area contributed by atoms with Gasteiger partial charge >= 0.3 is 0 Å². The van der Waals surface area contributed by atoms with Gasteiger partial charge in [-0.3, -0.25) is 4.79 Å². The molecule has 0 spiro atoms. The Morgan fingerprint density at radius 1 is 1.38 bits per heavy atom. The Hall–Kier alpha value is -0.710. The van der Waals surface area contributed by atoms with Crippen LogP contribution in [0.1, 0.15) is 5.56 Å². The maximum Gasteiger partial charge on any atom is 0.219 e. The topological polar surface area (TPSA) is 37.3 Å². The lowest BCUT2D eigenvalue weighted by atomic mass is 10.1. The van der Waals surface area contributed by atoms with Crippen LogP contribution in [0.4, 0.5) is 0 Å². The molecular weight excluding hydrogens is 204 g/mol. The van der Waals surface area contributed by atoms with E-state index in [1.54, 1.807) is 24.3 Å². The highest BCUT2D eigenvalue weighted by Crippen LogP contribution is 2.06. The molecule has 0 saturated carbocycles. The maximum atomic E-state index is 10.7. The lowest BCUT2D eigenvalue weighted by Gasteiger charge is -2.07. The van der Waals surface area contributed by atoms with Crippen LogP contribution < -0.4 is 0 Å². The second-order valence-electron chi connectivity index (χ2n) is 2.47. The number of carbonyl (C=O) groups is 1. The van der Waals surface area contributed by atoms with Crippen LogP contribution in [0.3, 0.4) is 0 Å². The van der Waals surface area contributed by atoms with Gasteiger partial charge < -0.3 is 5.11 Å². The summed E-state index contributed by atoms with van der Waals surface area (Å²) in [6, 6.07) is 8.89. The van der Waals surface area contributed by atoms with Crippen molar-refractivity contribution in [2.24, 2.45) is 0 Å². The molecule has 0 fully saturated rings. The van der Waals surface area contributed by atoms with Gasteiger partial charge in [0.05, 0.1) is 4.86 Å². The molecule has 1 aromatic rings. The minimum atomic E-state index is -1.29. The van der Waals surface area contributed by atoms with E-state index in [2.05, 4.69) is 12.6 Å². The summed E-state index contributed by atoms with van der Waals surface area (Å²) in [6.07, 6.45) is -1.29. The van der Waals surface area contributed by atoms with Crippen LogP contribution in [0, 0.1) is 0 Å². The number of thiocarbonyl (C=S) groups is 1. The lowest BCUT2D eigenvalue weighted by molar-refractivity contribution is -0.115. The molecule has 1 atom stereocenters. The summed E-state index contributed by atoms with van der Waals surface area (Å²) < 4.78 is 0. The summed E-state index contributed by atoms with van der Waals surface area (Å²) in [5.41, 5.74) is 0.674. The standard InChI is InChI=1S/C9H8O2S2/c10-7(9(11)13)8(12)6-4-2-1-3-5-6/h1-5,7,10H,(H,11,13)/t7-/m1/s1. The largest absolute Gasteiger partial charge is 0.379 e. The summed E-state index contributed by atoms with van der Waals surface area (Å²) in [7, 11) is 0. The van der Waals surface area contributed by atoms with Crippen molar-refractivity contribution in [3.63, 3.8) is 0 Å². The second-order valence-corrected chi connectivity index (χ2v) is 3.35. The highest BCUT2D eigenvalue weighted by atomic mass is 32.1. The Balaban J connectivity index is 2.86. The Labute approximate surface area is 87.0 Å². The molecule has 68 valence electrons. The van der Waals surface area contributed by atoms with E-state index in [1.165, 1.54) is 0 Å². The van der Waals surface area contributed by atoms with E-state index in [0.29, 0.717) is 5.56 Å². The zero-order valence-corrected chi connectivity index (χ0v) is 8.39. The molecule has 0 unspecified atom stereocenters. The number of thiol groups is 1. The van der Waals surface area contributed by atoms with Gasteiger partial charge in [0.25, 0.3) is 0 Å². The van der Waals surface area contributed by atoms with Gasteiger partial charge in [0.1, 0.15) is 0 Å². The molecule has 0 aliphatic rings. The molecule has 1 N–H and O–H groups in total. The third-order valence-electron chi connectivity index (χ3n) is 1.54. The SMILES string of the molecule is O=C(S)[C@H](O)C(=S)c1ccccc1. The molecule has 1 rings (SSSR count). The summed E-state index contributed by atoms with van der Waals surface area (Å²) in [5.74, 6) is 0. The number of aliphatic hydroxyl groups excluding tert-OH is 1. The predicted octanol–water partition coefficient (Wildman–Crippen LogP) is 1.22. The maximum absolute atomic E-state index is 10.7. The Morgan fingerprint density at radius 3 is 2.38 bits per heavy atom. The summed E-state index contributed by atoms with van der Waals surface area (Å²) in [4.78, 5) is 10.9. The van der Waals surface area contributed by atoms with Crippen molar-refractivity contribution >= 4 is 34.8 Å². The van der Waals surface area contributed by atoms with Crippen molar-refractivity contribution < 1.29 is 9.90 Å². The fourth-order valence-electron chi connectivity index (χ4n) is 0.872. The molecule has 1 aromatic carbocycles. The fraction of sp³-hybridized carbons (Fsp3) is 0.111. The monoisotopic (exact) mass is 212 g/mol. The molecule has 0 radical (unpaired) electrons. The van der Waals surface area contributed by atoms with E-state index in [-0.39, 0.29) is 4.86 Å². The van der Waals surface area contributed by atoms with Crippen molar-refractivity contribution in [1.82, 2.24) is 0 Å². The van der Waals surface area contributed by atoms with Gasteiger partial charge in [0.15, 0.2) is 6.10 Å². The van der Waals surface area contributed by atoms with Crippen LogP contribution in [0.15, 0.2) is 30.3 Å². The van der Waals surface area contributed by atoms with Crippen molar-refractivity contribution in [2.45, 2.75) is 6.10 Å². The predicted molar refractivity (Wildman–Crippen MR) is 58.1 cm³/mol. The smallest absolute Gasteiger partial charge is 0.219 e. The highest BCUT2D eigenvalue weighted by Gasteiger charge is 2.17. The van der Waals surface area contributed by atoms with E-state index in [0.717, 1.165) is 0 Å². The molecule has 0 aliphatic heterocycles. The van der Waals surface area contributed by atoms with E-state index in [4.69, 9.17) is 12.2 Å². The van der Waals surface area contributed by atoms with E-state index in [1.807, 2.05) is 6.07 Å². The molecule has 0 amide bonds. The molecule has 2 nitrogen and oxygen atoms in total. The summed E-state index contributed by atoms with van der Waals surface area (Å²) in [6.45, 7) is 0. The lowest BCUT2D eigenvalue weighted by Crippen LogP contribution is -2.25. The van der Waals surface area contributed by atoms with Crippen LogP contribution in [0.5, 0.6) is 0 Å². The van der Waals surface area contributed by atoms with Crippen molar-refractivity contribution in [3.05, 3.63) is 35.9 Å². The summed E-state index contributed by atoms with van der Waals surface area (Å²) >= 11 is 8.41. The third-order valence-corrected chi connectivity index (χ3v) is 2.24. The van der Waals surface area contributed by atoms with Gasteiger partial charge in [-0.15, -0.1) is 12.6 Å². The van der Waals surface area contributed by atoms with Crippen LogP contribution in [0.25, 0.3) is 0 Å². The minimum Gasteiger partial charge on any atom is -0.379 e. The molecule has 0 heterocycles. The van der Waals surface area contributed by atoms with Gasteiger partial charge in [-0.25, -0.2) is 0 Å². The fourth-order valence-corrected chi connectivity index (χ4v) is 1.33. The van der Waals surface area contributed by atoms with Gasteiger partial charge in [0, 0.05) is 0 Å². The summed E-state index contributed by atoms with van der Waals surface area (Å²) in [5, 5.41) is 8.65. The first-order chi connectivity index (χ1) is 6.13. The zero-order valence-electron chi connectivity index (χ0n) is 6.68. The molecule has 13 heavy (non-hydrogen) atoms. The second kappa shape index (κ2) is 4.50. The number of benzene rings is 1. The normalized spacial score (nSPS) is 12.2. The third kappa shape index (κ3) is 2.62. The molecule has 0 aromatic heterocycles. The molecule has 0 saturated heterocycles. The average Bonchev–Trinajstić information content (AvgIpc) is 2.17. The van der Waals surface area contributed by atoms with Crippen molar-refractivity contribution in [1.29, 1.82) is 0 Å². The average molecular weight is 212 g/mol. The van der Waals surface area contributed by atoms with Crippen LogP contribution >= 0.6 is 24.8 Å². The number of hydrogen-bond acceptors (Lipinski definition) is 3. The Morgan fingerprint density at radius 2 is 1.92 bits per heavy atom. The molecule has 0 aliphatic carbocycles. The van der Waals surface area contributed by atoms with E-state index < -0.39 is 11.2 Å². The van der Waals surface area contributed by atoms with E-state index in [9.17, 15) is 9.90 Å². The number of aliphatic hydroxyl groups is 1. The quantitative estimate of drug-likeness (QED) is 0.449. The van der Waals surface area contributed by atoms with Crippen LogP contribution in [-0.4, -0.2) is 21.2 Å². The zero-order chi connectivity index (χ0) is 9.84. The number of hydrogen-bond donors (Lipinski definition) is 2. The van der Waals surface area contributed by atoms with Crippen LogP contribution in [0.2, 0.25) is 0 Å². The van der Waals surface area contributed by atoms with Crippen molar-refractivity contribution in [3.8, 4) is 0 Å². The Kier molecular flexibility index (Phi) is 3.59. The molecule has 4 heteroatoms. The number of rotatable bonds is 3. The van der Waals surface area contributed by atoms with Gasteiger partial charge in [-0.05, 0) is 5.56 Å². The minimum absolute atomic E-state index is 0.209. The first-order valence-corrected chi connectivity index (χ1v) is 4.48. The number of carbonyl (C=O) groups excluding carboxylic acids is 1. The molecule has 0 bridgehead atoms. The Bertz CT molecular complexity index is 322.